The molecule has 1 saturated carbocycles. The van der Waals surface area contributed by atoms with Crippen LogP contribution in [-0.4, -0.2) is 32.0 Å². The van der Waals surface area contributed by atoms with Gasteiger partial charge in [-0.15, -0.1) is 10.2 Å². The summed E-state index contributed by atoms with van der Waals surface area (Å²) in [7, 11) is 0. The zero-order valence-electron chi connectivity index (χ0n) is 12.8. The van der Waals surface area contributed by atoms with Gasteiger partial charge in [-0.05, 0) is 25.8 Å². The first-order chi connectivity index (χ1) is 11.2. The molecule has 1 aliphatic rings. The van der Waals surface area contributed by atoms with E-state index in [-0.39, 0.29) is 5.69 Å². The van der Waals surface area contributed by atoms with Crippen molar-refractivity contribution in [3.05, 3.63) is 40.2 Å². The Hall–Kier alpha value is -2.09. The van der Waals surface area contributed by atoms with Gasteiger partial charge in [0.25, 0.3) is 5.69 Å². The second-order valence-corrected chi connectivity index (χ2v) is 6.37. The molecule has 7 nitrogen and oxygen atoms in total. The van der Waals surface area contributed by atoms with Crippen molar-refractivity contribution in [2.75, 3.05) is 12.4 Å². The van der Waals surface area contributed by atoms with Crippen LogP contribution in [0.15, 0.2) is 29.4 Å². The SMILES string of the molecule is CCn1c(SCCOc2cccc([N+](=O)[O-])c2)nnc1C1CC1. The highest BCUT2D eigenvalue weighted by atomic mass is 32.2. The summed E-state index contributed by atoms with van der Waals surface area (Å²) in [5.41, 5.74) is 0.0370. The van der Waals surface area contributed by atoms with E-state index in [9.17, 15) is 10.1 Å². The van der Waals surface area contributed by atoms with Crippen LogP contribution in [-0.2, 0) is 6.54 Å². The van der Waals surface area contributed by atoms with E-state index in [1.54, 1.807) is 23.9 Å². The summed E-state index contributed by atoms with van der Waals surface area (Å²) in [6.45, 7) is 3.42. The fourth-order valence-electron chi connectivity index (χ4n) is 2.33. The summed E-state index contributed by atoms with van der Waals surface area (Å²) < 4.78 is 7.74. The minimum absolute atomic E-state index is 0.0370. The molecule has 2 aromatic rings. The van der Waals surface area contributed by atoms with Gasteiger partial charge in [-0.25, -0.2) is 0 Å². The lowest BCUT2D eigenvalue weighted by molar-refractivity contribution is -0.384. The molecule has 0 unspecified atom stereocenters. The molecule has 23 heavy (non-hydrogen) atoms. The molecule has 0 radical (unpaired) electrons. The number of rotatable bonds is 8. The van der Waals surface area contributed by atoms with Crippen molar-refractivity contribution >= 4 is 17.4 Å². The zero-order chi connectivity index (χ0) is 16.2. The highest BCUT2D eigenvalue weighted by molar-refractivity contribution is 7.99. The number of nitrogens with zero attached hydrogens (tertiary/aromatic N) is 4. The Labute approximate surface area is 138 Å². The number of nitro groups is 1. The number of thioether (sulfide) groups is 1. The van der Waals surface area contributed by atoms with Crippen LogP contribution in [0.1, 0.15) is 31.5 Å². The average Bonchev–Trinajstić information content (AvgIpc) is 3.32. The molecule has 1 aromatic heterocycles. The minimum Gasteiger partial charge on any atom is -0.492 e. The lowest BCUT2D eigenvalue weighted by Crippen LogP contribution is -2.04. The van der Waals surface area contributed by atoms with Crippen LogP contribution in [0.5, 0.6) is 5.75 Å². The average molecular weight is 334 g/mol. The van der Waals surface area contributed by atoms with Crippen molar-refractivity contribution in [2.45, 2.75) is 37.4 Å². The van der Waals surface area contributed by atoms with E-state index in [0.29, 0.717) is 24.0 Å². The van der Waals surface area contributed by atoms with Crippen molar-refractivity contribution in [1.29, 1.82) is 0 Å². The number of aromatic nitrogens is 3. The van der Waals surface area contributed by atoms with Crippen LogP contribution in [0.25, 0.3) is 0 Å². The molecular formula is C15H18N4O3S. The fraction of sp³-hybridized carbons (Fsp3) is 0.467. The first-order valence-corrected chi connectivity index (χ1v) is 8.60. The molecule has 3 rings (SSSR count). The quantitative estimate of drug-likeness (QED) is 0.319. The standard InChI is InChI=1S/C15H18N4O3S/c1-2-18-14(11-6-7-11)16-17-15(18)23-9-8-22-13-5-3-4-12(10-13)19(20)21/h3-5,10-11H,2,6-9H2,1H3. The smallest absolute Gasteiger partial charge is 0.273 e. The Bertz CT molecular complexity index is 700. The first-order valence-electron chi connectivity index (χ1n) is 7.62. The molecule has 1 fully saturated rings. The van der Waals surface area contributed by atoms with Crippen LogP contribution in [0.4, 0.5) is 5.69 Å². The molecule has 0 amide bonds. The molecule has 0 atom stereocenters. The van der Waals surface area contributed by atoms with Crippen LogP contribution < -0.4 is 4.74 Å². The molecule has 0 aliphatic heterocycles. The highest BCUT2D eigenvalue weighted by Gasteiger charge is 2.29. The predicted octanol–water partition coefficient (Wildman–Crippen LogP) is 3.25. The number of nitro benzene ring substituents is 1. The largest absolute Gasteiger partial charge is 0.492 e. The summed E-state index contributed by atoms with van der Waals surface area (Å²) in [5, 5.41) is 20.2. The topological polar surface area (TPSA) is 83.1 Å². The maximum atomic E-state index is 10.7. The molecule has 0 spiro atoms. The maximum absolute atomic E-state index is 10.7. The van der Waals surface area contributed by atoms with Gasteiger partial charge in [-0.2, -0.15) is 0 Å². The second kappa shape index (κ2) is 6.99. The Morgan fingerprint density at radius 1 is 1.43 bits per heavy atom. The van der Waals surface area contributed by atoms with Crippen molar-refractivity contribution in [3.63, 3.8) is 0 Å². The number of hydrogen-bond donors (Lipinski definition) is 0. The van der Waals surface area contributed by atoms with Gasteiger partial charge >= 0.3 is 0 Å². The molecule has 122 valence electrons. The van der Waals surface area contributed by atoms with Gasteiger partial charge in [0.15, 0.2) is 5.16 Å². The van der Waals surface area contributed by atoms with Gasteiger partial charge in [-0.1, -0.05) is 17.8 Å². The number of benzene rings is 1. The third-order valence-corrected chi connectivity index (χ3v) is 4.55. The predicted molar refractivity (Wildman–Crippen MR) is 87.0 cm³/mol. The summed E-state index contributed by atoms with van der Waals surface area (Å²) in [4.78, 5) is 10.3. The fourth-order valence-corrected chi connectivity index (χ4v) is 3.15. The Kier molecular flexibility index (Phi) is 4.80. The summed E-state index contributed by atoms with van der Waals surface area (Å²) in [5.74, 6) is 2.90. The monoisotopic (exact) mass is 334 g/mol. The lowest BCUT2D eigenvalue weighted by atomic mass is 10.3. The van der Waals surface area contributed by atoms with Gasteiger partial charge in [-0.3, -0.25) is 10.1 Å². The Morgan fingerprint density at radius 3 is 2.96 bits per heavy atom. The van der Waals surface area contributed by atoms with E-state index in [1.165, 1.54) is 25.0 Å². The Balaban J connectivity index is 1.52. The number of non-ortho nitro benzene ring substituents is 1. The van der Waals surface area contributed by atoms with Gasteiger partial charge in [0.05, 0.1) is 17.6 Å². The van der Waals surface area contributed by atoms with Gasteiger partial charge in [0.1, 0.15) is 11.6 Å². The molecule has 0 bridgehead atoms. The van der Waals surface area contributed by atoms with E-state index < -0.39 is 4.92 Å². The molecular weight excluding hydrogens is 316 g/mol. The normalized spacial score (nSPS) is 14.0. The minimum atomic E-state index is -0.426. The van der Waals surface area contributed by atoms with Crippen molar-refractivity contribution in [3.8, 4) is 5.75 Å². The number of ether oxygens (including phenoxy) is 1. The van der Waals surface area contributed by atoms with Crippen LogP contribution in [0, 0.1) is 10.1 Å². The molecule has 1 aliphatic carbocycles. The summed E-state index contributed by atoms with van der Waals surface area (Å²) in [6.07, 6.45) is 2.41. The van der Waals surface area contributed by atoms with Crippen molar-refractivity contribution in [1.82, 2.24) is 14.8 Å². The maximum Gasteiger partial charge on any atom is 0.273 e. The van der Waals surface area contributed by atoms with Crippen LogP contribution in [0.3, 0.4) is 0 Å². The zero-order valence-corrected chi connectivity index (χ0v) is 13.7. The molecule has 1 heterocycles. The Morgan fingerprint density at radius 2 is 2.26 bits per heavy atom. The van der Waals surface area contributed by atoms with E-state index in [0.717, 1.165) is 17.5 Å². The third-order valence-electron chi connectivity index (χ3n) is 3.62. The van der Waals surface area contributed by atoms with Gasteiger partial charge in [0.2, 0.25) is 0 Å². The van der Waals surface area contributed by atoms with Crippen molar-refractivity contribution < 1.29 is 9.66 Å². The van der Waals surface area contributed by atoms with E-state index >= 15 is 0 Å². The molecule has 8 heteroatoms. The van der Waals surface area contributed by atoms with E-state index in [1.807, 2.05) is 0 Å². The lowest BCUT2D eigenvalue weighted by Gasteiger charge is -2.07. The van der Waals surface area contributed by atoms with E-state index in [2.05, 4.69) is 21.7 Å². The van der Waals surface area contributed by atoms with Crippen LogP contribution in [0.2, 0.25) is 0 Å². The number of hydrogen-bond acceptors (Lipinski definition) is 6. The second-order valence-electron chi connectivity index (χ2n) is 5.31. The van der Waals surface area contributed by atoms with Gasteiger partial charge < -0.3 is 9.30 Å². The molecule has 1 aromatic carbocycles. The highest BCUT2D eigenvalue weighted by Crippen LogP contribution is 2.39. The van der Waals surface area contributed by atoms with Crippen molar-refractivity contribution in [2.24, 2.45) is 0 Å². The molecule has 0 N–H and O–H groups in total. The third kappa shape index (κ3) is 3.82. The first kappa shape index (κ1) is 15.8. The van der Waals surface area contributed by atoms with E-state index in [4.69, 9.17) is 4.74 Å². The van der Waals surface area contributed by atoms with Crippen LogP contribution >= 0.6 is 11.8 Å². The summed E-state index contributed by atoms with van der Waals surface area (Å²) in [6, 6.07) is 6.22. The summed E-state index contributed by atoms with van der Waals surface area (Å²) >= 11 is 1.60. The van der Waals surface area contributed by atoms with Gasteiger partial charge in [0, 0.05) is 24.3 Å². The molecule has 0 saturated heterocycles.